The van der Waals surface area contributed by atoms with Gasteiger partial charge in [0.05, 0.1) is 7.11 Å². The van der Waals surface area contributed by atoms with Crippen LogP contribution in [-0.4, -0.2) is 38.4 Å². The van der Waals surface area contributed by atoms with Gasteiger partial charge in [0.15, 0.2) is 5.78 Å². The molecule has 0 heterocycles. The molecule has 0 saturated heterocycles. The molecule has 0 aliphatic heterocycles. The summed E-state index contributed by atoms with van der Waals surface area (Å²) in [7, 11) is 5.39. The van der Waals surface area contributed by atoms with Crippen molar-refractivity contribution in [1.82, 2.24) is 4.90 Å². The molecule has 0 bridgehead atoms. The van der Waals surface area contributed by atoms with Gasteiger partial charge in [0.2, 0.25) is 0 Å². The monoisotopic (exact) mass is 351 g/mol. The molecule has 0 amide bonds. The third-order valence-electron chi connectivity index (χ3n) is 3.73. The Hall–Kier alpha value is -1.91. The summed E-state index contributed by atoms with van der Waals surface area (Å²) in [5.41, 5.74) is 1.16. The van der Waals surface area contributed by atoms with Crippen molar-refractivity contribution in [3.05, 3.63) is 65.5 Å². The highest BCUT2D eigenvalue weighted by Crippen LogP contribution is 2.20. The largest absolute Gasteiger partial charge is 0.497 e. The Bertz CT molecular complexity index is 676. The van der Waals surface area contributed by atoms with Gasteiger partial charge in [-0.25, -0.2) is 4.39 Å². The Kier molecular flexibility index (Phi) is 7.89. The number of ketones is 1. The van der Waals surface area contributed by atoms with Crippen LogP contribution in [0, 0.1) is 11.7 Å². The van der Waals surface area contributed by atoms with Gasteiger partial charge >= 0.3 is 0 Å². The van der Waals surface area contributed by atoms with E-state index in [0.717, 1.165) is 0 Å². The zero-order valence-electron chi connectivity index (χ0n) is 14.2. The van der Waals surface area contributed by atoms with Gasteiger partial charge in [-0.2, -0.15) is 0 Å². The lowest BCUT2D eigenvalue weighted by molar-refractivity contribution is 0.0896. The van der Waals surface area contributed by atoms with Gasteiger partial charge in [0.25, 0.3) is 0 Å². The maximum absolute atomic E-state index is 13.9. The summed E-state index contributed by atoms with van der Waals surface area (Å²) in [5, 5.41) is 0. The van der Waals surface area contributed by atoms with E-state index >= 15 is 0 Å². The Balaban J connectivity index is 0.00000288. The molecule has 0 spiro atoms. The molecule has 0 radical (unpaired) electrons. The van der Waals surface area contributed by atoms with Crippen LogP contribution in [0.1, 0.15) is 15.9 Å². The summed E-state index contributed by atoms with van der Waals surface area (Å²) in [4.78, 5) is 14.8. The molecule has 2 rings (SSSR count). The van der Waals surface area contributed by atoms with Crippen LogP contribution < -0.4 is 4.74 Å². The summed E-state index contributed by atoms with van der Waals surface area (Å²) in [6, 6.07) is 13.7. The lowest BCUT2D eigenvalue weighted by atomic mass is 9.90. The lowest BCUT2D eigenvalue weighted by Crippen LogP contribution is -2.30. The van der Waals surface area contributed by atoms with Crippen LogP contribution in [0.3, 0.4) is 0 Å². The molecular weight excluding hydrogens is 329 g/mol. The average Bonchev–Trinajstić information content (AvgIpc) is 2.55. The second kappa shape index (κ2) is 9.40. The summed E-state index contributed by atoms with van der Waals surface area (Å²) >= 11 is 0. The van der Waals surface area contributed by atoms with E-state index in [4.69, 9.17) is 4.74 Å². The fourth-order valence-electron chi connectivity index (χ4n) is 2.62. The van der Waals surface area contributed by atoms with Crippen LogP contribution in [0.2, 0.25) is 0 Å². The number of carbonyl (C=O) groups is 1. The van der Waals surface area contributed by atoms with E-state index in [9.17, 15) is 9.18 Å². The predicted octanol–water partition coefficient (Wildman–Crippen LogP) is 3.86. The summed E-state index contributed by atoms with van der Waals surface area (Å²) < 4.78 is 19.1. The molecule has 1 unspecified atom stereocenters. The van der Waals surface area contributed by atoms with E-state index in [-0.39, 0.29) is 29.9 Å². The van der Waals surface area contributed by atoms with Gasteiger partial charge in [0.1, 0.15) is 11.6 Å². The van der Waals surface area contributed by atoms with Crippen molar-refractivity contribution in [2.75, 3.05) is 27.7 Å². The molecular formula is C19H23ClFNO2. The van der Waals surface area contributed by atoms with Crippen molar-refractivity contribution in [2.45, 2.75) is 6.42 Å². The zero-order valence-corrected chi connectivity index (χ0v) is 15.0. The standard InChI is InChI=1S/C19H22FNO2.ClH/c1-21(2)13-16(11-14-7-4-5-10-18(14)20)19(22)15-8-6-9-17(12-15)23-3;/h4-10,12,16H,11,13H2,1-3H3;1H. The molecule has 0 aromatic heterocycles. The van der Waals surface area contributed by atoms with Crippen LogP contribution in [0.4, 0.5) is 4.39 Å². The lowest BCUT2D eigenvalue weighted by Gasteiger charge is -2.20. The first-order valence-electron chi connectivity index (χ1n) is 7.57. The maximum Gasteiger partial charge on any atom is 0.167 e. The van der Waals surface area contributed by atoms with Crippen LogP contribution in [0.5, 0.6) is 5.75 Å². The number of carbonyl (C=O) groups excluding carboxylic acids is 1. The normalized spacial score (nSPS) is 11.7. The summed E-state index contributed by atoms with van der Waals surface area (Å²) in [6.45, 7) is 0.560. The molecule has 130 valence electrons. The van der Waals surface area contributed by atoms with Gasteiger partial charge in [0, 0.05) is 18.0 Å². The topological polar surface area (TPSA) is 29.5 Å². The van der Waals surface area contributed by atoms with Crippen molar-refractivity contribution in [1.29, 1.82) is 0 Å². The maximum atomic E-state index is 13.9. The SMILES string of the molecule is COc1cccc(C(=O)C(Cc2ccccc2F)CN(C)C)c1.Cl. The van der Waals surface area contributed by atoms with Crippen LogP contribution in [0.15, 0.2) is 48.5 Å². The first kappa shape index (κ1) is 20.1. The Labute approximate surface area is 148 Å². The predicted molar refractivity (Wildman–Crippen MR) is 96.7 cm³/mol. The average molecular weight is 352 g/mol. The third-order valence-corrected chi connectivity index (χ3v) is 3.73. The second-order valence-corrected chi connectivity index (χ2v) is 5.85. The number of methoxy groups -OCH3 is 1. The van der Waals surface area contributed by atoms with E-state index in [2.05, 4.69) is 0 Å². The van der Waals surface area contributed by atoms with E-state index < -0.39 is 0 Å². The number of Topliss-reactive ketones (excluding diaryl/α,β-unsaturated/α-hetero) is 1. The number of nitrogens with zero attached hydrogens (tertiary/aromatic N) is 1. The number of hydrogen-bond acceptors (Lipinski definition) is 3. The molecule has 0 saturated carbocycles. The minimum absolute atomic E-state index is 0. The highest BCUT2D eigenvalue weighted by Gasteiger charge is 2.23. The molecule has 0 fully saturated rings. The minimum atomic E-state index is -0.311. The molecule has 2 aromatic carbocycles. The molecule has 0 aliphatic rings. The fourth-order valence-corrected chi connectivity index (χ4v) is 2.62. The molecule has 24 heavy (non-hydrogen) atoms. The fraction of sp³-hybridized carbons (Fsp3) is 0.316. The Morgan fingerprint density at radius 1 is 1.17 bits per heavy atom. The van der Waals surface area contributed by atoms with E-state index in [1.807, 2.05) is 19.0 Å². The number of benzene rings is 2. The van der Waals surface area contributed by atoms with Gasteiger partial charge in [-0.15, -0.1) is 12.4 Å². The van der Waals surface area contributed by atoms with E-state index in [1.165, 1.54) is 6.07 Å². The summed E-state index contributed by atoms with van der Waals surface area (Å²) in [5.74, 6) is 0.0647. The van der Waals surface area contributed by atoms with E-state index in [1.54, 1.807) is 49.6 Å². The van der Waals surface area contributed by atoms with Gasteiger partial charge < -0.3 is 9.64 Å². The quantitative estimate of drug-likeness (QED) is 0.709. The Morgan fingerprint density at radius 3 is 2.50 bits per heavy atom. The molecule has 0 N–H and O–H groups in total. The van der Waals surface area contributed by atoms with Gasteiger partial charge in [-0.1, -0.05) is 30.3 Å². The second-order valence-electron chi connectivity index (χ2n) is 5.85. The Morgan fingerprint density at radius 2 is 1.88 bits per heavy atom. The number of ether oxygens (including phenoxy) is 1. The van der Waals surface area contributed by atoms with Crippen molar-refractivity contribution in [2.24, 2.45) is 5.92 Å². The molecule has 2 aromatic rings. The van der Waals surface area contributed by atoms with Crippen molar-refractivity contribution < 1.29 is 13.9 Å². The van der Waals surface area contributed by atoms with Gasteiger partial charge in [-0.05, 0) is 44.3 Å². The van der Waals surface area contributed by atoms with Crippen LogP contribution >= 0.6 is 12.4 Å². The highest BCUT2D eigenvalue weighted by molar-refractivity contribution is 5.98. The zero-order chi connectivity index (χ0) is 16.8. The minimum Gasteiger partial charge on any atom is -0.497 e. The van der Waals surface area contributed by atoms with Crippen molar-refractivity contribution in [3.63, 3.8) is 0 Å². The number of hydrogen-bond donors (Lipinski definition) is 0. The number of rotatable bonds is 7. The first-order valence-corrected chi connectivity index (χ1v) is 7.57. The van der Waals surface area contributed by atoms with Crippen LogP contribution in [-0.2, 0) is 6.42 Å². The molecule has 1 atom stereocenters. The highest BCUT2D eigenvalue weighted by atomic mass is 35.5. The molecule has 5 heteroatoms. The first-order chi connectivity index (χ1) is 11.0. The molecule has 0 aliphatic carbocycles. The van der Waals surface area contributed by atoms with Crippen molar-refractivity contribution in [3.8, 4) is 5.75 Å². The third kappa shape index (κ3) is 5.32. The summed E-state index contributed by atoms with van der Waals surface area (Å²) in [6.07, 6.45) is 0.376. The van der Waals surface area contributed by atoms with Crippen molar-refractivity contribution >= 4 is 18.2 Å². The van der Waals surface area contributed by atoms with E-state index in [0.29, 0.717) is 29.8 Å². The van der Waals surface area contributed by atoms with Crippen LogP contribution in [0.25, 0.3) is 0 Å². The smallest absolute Gasteiger partial charge is 0.167 e. The molecule has 3 nitrogen and oxygen atoms in total. The number of halogens is 2. The van der Waals surface area contributed by atoms with Gasteiger partial charge in [-0.3, -0.25) is 4.79 Å².